The number of nitrogens with zero attached hydrogens (tertiary/aromatic N) is 5. The van der Waals surface area contributed by atoms with Gasteiger partial charge < -0.3 is 25.8 Å². The molecule has 1 saturated heterocycles. The minimum Gasteiger partial charge on any atom is -0.372 e. The molecular weight excluding hydrogens is 483 g/mol. The van der Waals surface area contributed by atoms with Gasteiger partial charge in [0.1, 0.15) is 35.2 Å². The summed E-state index contributed by atoms with van der Waals surface area (Å²) < 4.78 is 16.2. The lowest BCUT2D eigenvalue weighted by Gasteiger charge is -2.33. The number of hydrogen-bond acceptors (Lipinski definition) is 7. The van der Waals surface area contributed by atoms with E-state index in [1.165, 1.54) is 38.1 Å². The smallest absolute Gasteiger partial charge is 0.256 e. The molecule has 0 radical (unpaired) electrons. The Labute approximate surface area is 223 Å². The number of primary amides is 1. The third-order valence-corrected chi connectivity index (χ3v) is 7.87. The van der Waals surface area contributed by atoms with Gasteiger partial charge in [-0.2, -0.15) is 0 Å². The highest BCUT2D eigenvalue weighted by molar-refractivity contribution is 6.02. The van der Waals surface area contributed by atoms with Crippen molar-refractivity contribution in [3.8, 4) is 11.3 Å². The highest BCUT2D eigenvalue weighted by Gasteiger charge is 2.29. The zero-order chi connectivity index (χ0) is 26.6. The summed E-state index contributed by atoms with van der Waals surface area (Å²) in [5.74, 6) is 1.58. The molecule has 0 atom stereocenters. The van der Waals surface area contributed by atoms with E-state index in [-0.39, 0.29) is 11.7 Å². The average Bonchev–Trinajstić information content (AvgIpc) is 3.60. The van der Waals surface area contributed by atoms with E-state index in [2.05, 4.69) is 36.3 Å². The van der Waals surface area contributed by atoms with Crippen LogP contribution in [0.15, 0.2) is 30.7 Å². The van der Waals surface area contributed by atoms with Crippen molar-refractivity contribution in [2.24, 2.45) is 5.73 Å². The van der Waals surface area contributed by atoms with Crippen molar-refractivity contribution in [1.29, 1.82) is 0 Å². The van der Waals surface area contributed by atoms with Gasteiger partial charge in [0.2, 0.25) is 0 Å². The summed E-state index contributed by atoms with van der Waals surface area (Å²) in [6.45, 7) is 4.96. The first kappa shape index (κ1) is 26.1. The maximum Gasteiger partial charge on any atom is 0.256 e. The number of carbonyl (C=O) groups is 1. The molecule has 1 aliphatic carbocycles. The molecule has 4 N–H and O–H groups in total. The molecule has 1 amide bonds. The van der Waals surface area contributed by atoms with Crippen LogP contribution in [0.4, 0.5) is 16.0 Å². The Morgan fingerprint density at radius 2 is 1.92 bits per heavy atom. The number of hydrogen-bond donors (Lipinski definition) is 3. The molecule has 38 heavy (non-hydrogen) atoms. The third-order valence-electron chi connectivity index (χ3n) is 7.87. The van der Waals surface area contributed by atoms with E-state index in [0.717, 1.165) is 56.1 Å². The molecule has 2 aromatic heterocycles. The Balaban J connectivity index is 1.36. The molecule has 5 rings (SSSR count). The molecule has 3 aromatic rings. The minimum absolute atomic E-state index is 0.206. The molecule has 10 heteroatoms. The predicted molar refractivity (Wildman–Crippen MR) is 147 cm³/mol. The maximum atomic E-state index is 13.9. The molecule has 2 aliphatic rings. The van der Waals surface area contributed by atoms with Crippen molar-refractivity contribution in [2.45, 2.75) is 64.0 Å². The van der Waals surface area contributed by atoms with Crippen LogP contribution in [0.25, 0.3) is 11.3 Å². The Morgan fingerprint density at radius 3 is 2.61 bits per heavy atom. The lowest BCUT2D eigenvalue weighted by Crippen LogP contribution is -2.36. The first-order valence-corrected chi connectivity index (χ1v) is 13.6. The number of amides is 1. The molecule has 1 saturated carbocycles. The van der Waals surface area contributed by atoms with Crippen LogP contribution >= 0.6 is 0 Å². The first-order valence-electron chi connectivity index (χ1n) is 13.6. The van der Waals surface area contributed by atoms with E-state index in [0.29, 0.717) is 28.8 Å². The molecule has 1 aliphatic heterocycles. The summed E-state index contributed by atoms with van der Waals surface area (Å²) in [6, 6.07) is 5.79. The Bertz CT molecular complexity index is 1280. The van der Waals surface area contributed by atoms with E-state index < -0.39 is 5.91 Å². The van der Waals surface area contributed by atoms with Gasteiger partial charge >= 0.3 is 0 Å². The van der Waals surface area contributed by atoms with Crippen LogP contribution in [0.1, 0.15) is 66.2 Å². The van der Waals surface area contributed by atoms with Gasteiger partial charge in [-0.3, -0.25) is 4.79 Å². The standard InChI is InChI=1S/C28H37FN8O/c1-18-15-20(7-8-22(18)29)23-16-37(14-11-32-21-5-3-4-6-21)27(35-23)19-9-12-36(13-10-19)28-24(25(30)38)26(31-2)33-17-34-28/h7-8,15-17,19,21,32H,3-6,9-14H2,1-2H3,(H2,30,38)(H,31,33,34). The number of nitrogens with one attached hydrogen (secondary N) is 2. The second-order valence-electron chi connectivity index (χ2n) is 10.4. The third kappa shape index (κ3) is 5.50. The van der Waals surface area contributed by atoms with Crippen molar-refractivity contribution in [2.75, 3.05) is 36.9 Å². The number of aryl methyl sites for hydroxylation is 1. The Hall–Kier alpha value is -3.53. The molecule has 0 bridgehead atoms. The van der Waals surface area contributed by atoms with E-state index in [1.54, 1.807) is 20.0 Å². The number of aromatic nitrogens is 4. The second kappa shape index (κ2) is 11.5. The molecular formula is C28H37FN8O. The van der Waals surface area contributed by atoms with Gasteiger partial charge in [0.05, 0.1) is 5.69 Å². The van der Waals surface area contributed by atoms with Gasteiger partial charge in [-0.15, -0.1) is 0 Å². The second-order valence-corrected chi connectivity index (χ2v) is 10.4. The maximum absolute atomic E-state index is 13.9. The zero-order valence-electron chi connectivity index (χ0n) is 22.2. The topological polar surface area (TPSA) is 114 Å². The number of imidazole rings is 1. The number of benzene rings is 1. The van der Waals surface area contributed by atoms with Crippen LogP contribution in [0.3, 0.4) is 0 Å². The molecule has 202 valence electrons. The van der Waals surface area contributed by atoms with Crippen LogP contribution in [0, 0.1) is 12.7 Å². The fourth-order valence-corrected chi connectivity index (χ4v) is 5.78. The van der Waals surface area contributed by atoms with Crippen molar-refractivity contribution in [3.05, 3.63) is 53.5 Å². The molecule has 0 spiro atoms. The van der Waals surface area contributed by atoms with Crippen molar-refractivity contribution in [1.82, 2.24) is 24.8 Å². The summed E-state index contributed by atoms with van der Waals surface area (Å²) in [6.07, 6.45) is 10.4. The predicted octanol–water partition coefficient (Wildman–Crippen LogP) is 3.84. The van der Waals surface area contributed by atoms with E-state index in [1.807, 2.05) is 6.07 Å². The lowest BCUT2D eigenvalue weighted by molar-refractivity contribution is 0.100. The monoisotopic (exact) mass is 520 g/mol. The highest BCUT2D eigenvalue weighted by atomic mass is 19.1. The van der Waals surface area contributed by atoms with E-state index in [4.69, 9.17) is 10.7 Å². The fourth-order valence-electron chi connectivity index (χ4n) is 5.78. The quantitative estimate of drug-likeness (QED) is 0.393. The van der Waals surface area contributed by atoms with Crippen LogP contribution in [-0.4, -0.2) is 58.1 Å². The molecule has 1 aromatic carbocycles. The van der Waals surface area contributed by atoms with E-state index in [9.17, 15) is 9.18 Å². The minimum atomic E-state index is -0.545. The number of halogens is 1. The summed E-state index contributed by atoms with van der Waals surface area (Å²) in [5, 5.41) is 6.65. The van der Waals surface area contributed by atoms with Crippen molar-refractivity contribution >= 4 is 17.5 Å². The zero-order valence-corrected chi connectivity index (χ0v) is 22.2. The molecule has 0 unspecified atom stereocenters. The fraction of sp³-hybridized carbons (Fsp3) is 0.500. The van der Waals surface area contributed by atoms with Crippen LogP contribution in [0.2, 0.25) is 0 Å². The van der Waals surface area contributed by atoms with Crippen LogP contribution in [-0.2, 0) is 6.54 Å². The highest BCUT2D eigenvalue weighted by Crippen LogP contribution is 2.33. The number of anilines is 2. The van der Waals surface area contributed by atoms with Crippen LogP contribution in [0.5, 0.6) is 0 Å². The van der Waals surface area contributed by atoms with Crippen molar-refractivity contribution < 1.29 is 9.18 Å². The molecule has 3 heterocycles. The molecule has 9 nitrogen and oxygen atoms in total. The van der Waals surface area contributed by atoms with Crippen LogP contribution < -0.4 is 21.3 Å². The SMILES string of the molecule is CNc1ncnc(N2CCC(c3nc(-c4ccc(F)c(C)c4)cn3CCNC3CCCC3)CC2)c1C(N)=O. The lowest BCUT2D eigenvalue weighted by atomic mass is 9.95. The number of carbonyl (C=O) groups excluding carboxylic acids is 1. The summed E-state index contributed by atoms with van der Waals surface area (Å²) in [7, 11) is 1.71. The van der Waals surface area contributed by atoms with Gasteiger partial charge in [-0.25, -0.2) is 19.3 Å². The van der Waals surface area contributed by atoms with Gasteiger partial charge in [0.15, 0.2) is 0 Å². The van der Waals surface area contributed by atoms with Crippen molar-refractivity contribution in [3.63, 3.8) is 0 Å². The van der Waals surface area contributed by atoms with Gasteiger partial charge in [0, 0.05) is 56.9 Å². The van der Waals surface area contributed by atoms with Gasteiger partial charge in [0.25, 0.3) is 5.91 Å². The van der Waals surface area contributed by atoms with E-state index >= 15 is 0 Å². The largest absolute Gasteiger partial charge is 0.372 e. The normalized spacial score (nSPS) is 16.8. The number of rotatable bonds is 9. The van der Waals surface area contributed by atoms with Gasteiger partial charge in [-0.05, 0) is 56.4 Å². The number of piperidine rings is 1. The number of nitrogens with two attached hydrogens (primary N) is 1. The summed E-state index contributed by atoms with van der Waals surface area (Å²) in [4.78, 5) is 27.9. The Morgan fingerprint density at radius 1 is 1.16 bits per heavy atom. The summed E-state index contributed by atoms with van der Waals surface area (Å²) >= 11 is 0. The van der Waals surface area contributed by atoms with Gasteiger partial charge in [-0.1, -0.05) is 12.8 Å². The first-order chi connectivity index (χ1) is 18.4. The average molecular weight is 521 g/mol. The molecule has 2 fully saturated rings. The Kier molecular flexibility index (Phi) is 7.87. The summed E-state index contributed by atoms with van der Waals surface area (Å²) in [5.41, 5.74) is 8.41.